The summed E-state index contributed by atoms with van der Waals surface area (Å²) in [5, 5.41) is 8.95. The van der Waals surface area contributed by atoms with Gasteiger partial charge in [-0.2, -0.15) is 11.8 Å². The molecule has 0 aliphatic rings. The lowest BCUT2D eigenvalue weighted by molar-refractivity contribution is 0.0697. The van der Waals surface area contributed by atoms with Crippen molar-refractivity contribution in [3.8, 4) is 11.3 Å². The zero-order valence-electron chi connectivity index (χ0n) is 9.96. The monoisotopic (exact) mass is 259 g/mol. The smallest absolute Gasteiger partial charge is 0.335 e. The second kappa shape index (κ2) is 5.69. The molecule has 4 heteroatoms. The van der Waals surface area contributed by atoms with E-state index in [1.165, 1.54) is 5.56 Å². The Kier molecular flexibility index (Phi) is 3.99. The molecule has 3 nitrogen and oxygen atoms in total. The highest BCUT2D eigenvalue weighted by Gasteiger charge is 2.05. The van der Waals surface area contributed by atoms with E-state index >= 15 is 0 Å². The Morgan fingerprint density at radius 3 is 2.78 bits per heavy atom. The standard InChI is InChI=1S/C14H13NO2S/c1-18-9-10-5-6-13(15-8-10)11-3-2-4-12(7-11)14(16)17/h2-8H,9H2,1H3,(H,16,17). The predicted octanol–water partition coefficient (Wildman–Crippen LogP) is 3.31. The van der Waals surface area contributed by atoms with Crippen LogP contribution in [0.5, 0.6) is 0 Å². The van der Waals surface area contributed by atoms with Crippen molar-refractivity contribution in [1.82, 2.24) is 4.98 Å². The number of hydrogen-bond acceptors (Lipinski definition) is 3. The first kappa shape index (κ1) is 12.6. The third-order valence-electron chi connectivity index (χ3n) is 2.54. The summed E-state index contributed by atoms with van der Waals surface area (Å²) in [7, 11) is 0. The molecule has 0 saturated heterocycles. The van der Waals surface area contributed by atoms with Crippen molar-refractivity contribution >= 4 is 17.7 Å². The lowest BCUT2D eigenvalue weighted by Crippen LogP contribution is -1.96. The summed E-state index contributed by atoms with van der Waals surface area (Å²) in [5.41, 5.74) is 3.07. The van der Waals surface area contributed by atoms with Gasteiger partial charge in [-0.25, -0.2) is 4.79 Å². The summed E-state index contributed by atoms with van der Waals surface area (Å²) in [6, 6.07) is 10.8. The molecule has 2 aromatic rings. The van der Waals surface area contributed by atoms with E-state index in [0.29, 0.717) is 0 Å². The molecule has 0 radical (unpaired) electrons. The summed E-state index contributed by atoms with van der Waals surface area (Å²) in [4.78, 5) is 15.3. The first-order valence-electron chi connectivity index (χ1n) is 5.48. The lowest BCUT2D eigenvalue weighted by atomic mass is 10.1. The van der Waals surface area contributed by atoms with Crippen molar-refractivity contribution in [1.29, 1.82) is 0 Å². The van der Waals surface area contributed by atoms with Crippen molar-refractivity contribution in [2.24, 2.45) is 0 Å². The molecule has 0 saturated carbocycles. The van der Waals surface area contributed by atoms with Gasteiger partial charge in [0.2, 0.25) is 0 Å². The Labute approximate surface area is 110 Å². The zero-order chi connectivity index (χ0) is 13.0. The van der Waals surface area contributed by atoms with E-state index in [4.69, 9.17) is 5.11 Å². The van der Waals surface area contributed by atoms with E-state index in [9.17, 15) is 4.79 Å². The average Bonchev–Trinajstić information content (AvgIpc) is 2.40. The minimum Gasteiger partial charge on any atom is -0.478 e. The van der Waals surface area contributed by atoms with Gasteiger partial charge in [0.05, 0.1) is 11.3 Å². The number of carboxylic acids is 1. The molecule has 0 unspecified atom stereocenters. The number of aromatic nitrogens is 1. The molecule has 0 atom stereocenters. The van der Waals surface area contributed by atoms with Gasteiger partial charge in [-0.05, 0) is 30.0 Å². The highest BCUT2D eigenvalue weighted by molar-refractivity contribution is 7.97. The highest BCUT2D eigenvalue weighted by Crippen LogP contribution is 2.19. The van der Waals surface area contributed by atoms with Crippen LogP contribution in [-0.4, -0.2) is 22.3 Å². The maximum Gasteiger partial charge on any atom is 0.335 e. The summed E-state index contributed by atoms with van der Waals surface area (Å²) in [5.74, 6) is 0.0125. The first-order valence-corrected chi connectivity index (χ1v) is 6.87. The van der Waals surface area contributed by atoms with E-state index in [1.807, 2.05) is 30.7 Å². The number of aromatic carboxylic acids is 1. The highest BCUT2D eigenvalue weighted by atomic mass is 32.2. The van der Waals surface area contributed by atoms with Gasteiger partial charge in [0, 0.05) is 17.5 Å². The summed E-state index contributed by atoms with van der Waals surface area (Å²) >= 11 is 1.75. The van der Waals surface area contributed by atoms with Gasteiger partial charge in [-0.1, -0.05) is 18.2 Å². The molecule has 1 aromatic heterocycles. The molecule has 1 aromatic carbocycles. The third-order valence-corrected chi connectivity index (χ3v) is 3.16. The minimum absolute atomic E-state index is 0.280. The van der Waals surface area contributed by atoms with Crippen molar-refractivity contribution in [3.63, 3.8) is 0 Å². The fourth-order valence-corrected chi connectivity index (χ4v) is 2.16. The quantitative estimate of drug-likeness (QED) is 0.915. The van der Waals surface area contributed by atoms with Crippen LogP contribution in [-0.2, 0) is 5.75 Å². The third kappa shape index (κ3) is 2.90. The molecule has 0 spiro atoms. The topological polar surface area (TPSA) is 50.2 Å². The Bertz CT molecular complexity index is 552. The van der Waals surface area contributed by atoms with Crippen LogP contribution in [0.3, 0.4) is 0 Å². The summed E-state index contributed by atoms with van der Waals surface area (Å²) in [6.45, 7) is 0. The van der Waals surface area contributed by atoms with Gasteiger partial charge < -0.3 is 5.11 Å². The second-order valence-electron chi connectivity index (χ2n) is 3.87. The molecule has 18 heavy (non-hydrogen) atoms. The fraction of sp³-hybridized carbons (Fsp3) is 0.143. The number of rotatable bonds is 4. The summed E-state index contributed by atoms with van der Waals surface area (Å²) < 4.78 is 0. The maximum absolute atomic E-state index is 10.9. The van der Waals surface area contributed by atoms with Crippen LogP contribution in [0.15, 0.2) is 42.6 Å². The van der Waals surface area contributed by atoms with Gasteiger partial charge in [0.1, 0.15) is 0 Å². The minimum atomic E-state index is -0.921. The average molecular weight is 259 g/mol. The van der Waals surface area contributed by atoms with Crippen LogP contribution in [0, 0.1) is 0 Å². The van der Waals surface area contributed by atoms with Gasteiger partial charge in [-0.3, -0.25) is 4.98 Å². The van der Waals surface area contributed by atoms with Crippen molar-refractivity contribution in [2.45, 2.75) is 5.75 Å². The number of thioether (sulfide) groups is 1. The van der Waals surface area contributed by atoms with Crippen LogP contribution in [0.25, 0.3) is 11.3 Å². The normalized spacial score (nSPS) is 10.3. The van der Waals surface area contributed by atoms with E-state index in [0.717, 1.165) is 17.0 Å². The molecular formula is C14H13NO2S. The largest absolute Gasteiger partial charge is 0.478 e. The number of benzene rings is 1. The van der Waals surface area contributed by atoms with Crippen LogP contribution in [0.4, 0.5) is 0 Å². The van der Waals surface area contributed by atoms with Crippen LogP contribution in [0.1, 0.15) is 15.9 Å². The van der Waals surface area contributed by atoms with E-state index in [-0.39, 0.29) is 5.56 Å². The van der Waals surface area contributed by atoms with E-state index in [1.54, 1.807) is 30.0 Å². The predicted molar refractivity (Wildman–Crippen MR) is 73.9 cm³/mol. The van der Waals surface area contributed by atoms with Crippen LogP contribution < -0.4 is 0 Å². The SMILES string of the molecule is CSCc1ccc(-c2cccc(C(=O)O)c2)nc1. The first-order chi connectivity index (χ1) is 8.70. The molecule has 0 aliphatic carbocycles. The van der Waals surface area contributed by atoms with Gasteiger partial charge in [-0.15, -0.1) is 0 Å². The van der Waals surface area contributed by atoms with Crippen molar-refractivity contribution < 1.29 is 9.90 Å². The molecule has 0 amide bonds. The Hall–Kier alpha value is -1.81. The number of pyridine rings is 1. The van der Waals surface area contributed by atoms with E-state index in [2.05, 4.69) is 4.98 Å². The molecule has 1 N–H and O–H groups in total. The van der Waals surface area contributed by atoms with Crippen molar-refractivity contribution in [2.75, 3.05) is 6.26 Å². The van der Waals surface area contributed by atoms with Crippen molar-refractivity contribution in [3.05, 3.63) is 53.7 Å². The Balaban J connectivity index is 2.30. The Morgan fingerprint density at radius 1 is 1.33 bits per heavy atom. The van der Waals surface area contributed by atoms with Gasteiger partial charge in [0.15, 0.2) is 0 Å². The lowest BCUT2D eigenvalue weighted by Gasteiger charge is -2.03. The number of carboxylic acid groups (broad SMARTS) is 1. The number of nitrogens with zero attached hydrogens (tertiary/aromatic N) is 1. The molecule has 0 aliphatic heterocycles. The van der Waals surface area contributed by atoms with Gasteiger partial charge in [0.25, 0.3) is 0 Å². The molecule has 2 rings (SSSR count). The van der Waals surface area contributed by atoms with Crippen LogP contribution >= 0.6 is 11.8 Å². The Morgan fingerprint density at radius 2 is 2.17 bits per heavy atom. The fourth-order valence-electron chi connectivity index (χ4n) is 1.66. The zero-order valence-corrected chi connectivity index (χ0v) is 10.8. The summed E-state index contributed by atoms with van der Waals surface area (Å²) in [6.07, 6.45) is 3.88. The maximum atomic E-state index is 10.9. The number of hydrogen-bond donors (Lipinski definition) is 1. The van der Waals surface area contributed by atoms with Crippen LogP contribution in [0.2, 0.25) is 0 Å². The van der Waals surface area contributed by atoms with Gasteiger partial charge >= 0.3 is 5.97 Å². The number of carbonyl (C=O) groups is 1. The molecule has 0 fully saturated rings. The molecule has 92 valence electrons. The molecular weight excluding hydrogens is 246 g/mol. The van der Waals surface area contributed by atoms with E-state index < -0.39 is 5.97 Å². The molecule has 1 heterocycles. The molecule has 0 bridgehead atoms. The second-order valence-corrected chi connectivity index (χ2v) is 4.74.